The second kappa shape index (κ2) is 3.87. The molecular weight excluding hydrogens is 144 g/mol. The molecule has 1 heterocycles. The van der Waals surface area contributed by atoms with E-state index in [1.54, 1.807) is 13.4 Å². The largest absolute Gasteiger partial charge is 0.368 e. The average molecular weight is 156 g/mol. The van der Waals surface area contributed by atoms with Gasteiger partial charge in [0.15, 0.2) is 6.17 Å². The summed E-state index contributed by atoms with van der Waals surface area (Å²) in [5, 5.41) is 10.1. The first kappa shape index (κ1) is 7.93. The molecule has 0 fully saturated rings. The van der Waals surface area contributed by atoms with Gasteiger partial charge in [0.2, 0.25) is 0 Å². The maximum absolute atomic E-state index is 5.44. The van der Waals surface area contributed by atoms with Gasteiger partial charge in [0.25, 0.3) is 0 Å². The van der Waals surface area contributed by atoms with Crippen LogP contribution in [0.1, 0.15) is 0 Å². The van der Waals surface area contributed by atoms with Crippen LogP contribution in [0, 0.1) is 0 Å². The molecule has 0 saturated heterocycles. The maximum atomic E-state index is 5.44. The molecule has 4 N–H and O–H groups in total. The van der Waals surface area contributed by atoms with Crippen LogP contribution in [0.4, 0.5) is 0 Å². The Kier molecular flexibility index (Phi) is 2.79. The van der Waals surface area contributed by atoms with Crippen molar-refractivity contribution < 1.29 is 0 Å². The SMILES string of the molecule is CN=NNC1N=CNC1CN. The van der Waals surface area contributed by atoms with E-state index in [9.17, 15) is 0 Å². The Hall–Kier alpha value is -1.17. The quantitative estimate of drug-likeness (QED) is 0.356. The molecule has 0 saturated carbocycles. The summed E-state index contributed by atoms with van der Waals surface area (Å²) in [6.07, 6.45) is 1.55. The number of nitrogens with two attached hydrogens (primary N) is 1. The van der Waals surface area contributed by atoms with E-state index in [1.165, 1.54) is 0 Å². The minimum absolute atomic E-state index is 0.0799. The van der Waals surface area contributed by atoms with E-state index in [4.69, 9.17) is 5.73 Å². The van der Waals surface area contributed by atoms with E-state index in [0.717, 1.165) is 0 Å². The molecule has 1 aliphatic heterocycles. The highest BCUT2D eigenvalue weighted by Gasteiger charge is 2.21. The van der Waals surface area contributed by atoms with Crippen molar-refractivity contribution in [1.29, 1.82) is 0 Å². The summed E-state index contributed by atoms with van der Waals surface area (Å²) >= 11 is 0. The van der Waals surface area contributed by atoms with Crippen molar-refractivity contribution in [2.24, 2.45) is 21.1 Å². The summed E-state index contributed by atoms with van der Waals surface area (Å²) in [7, 11) is 1.59. The van der Waals surface area contributed by atoms with Gasteiger partial charge in [0, 0.05) is 6.54 Å². The molecule has 6 nitrogen and oxygen atoms in total. The van der Waals surface area contributed by atoms with Crippen molar-refractivity contribution in [3.8, 4) is 0 Å². The monoisotopic (exact) mass is 156 g/mol. The zero-order valence-corrected chi connectivity index (χ0v) is 6.36. The fourth-order valence-electron chi connectivity index (χ4n) is 0.851. The van der Waals surface area contributed by atoms with Crippen LogP contribution in [0.5, 0.6) is 0 Å². The number of nitrogens with zero attached hydrogens (tertiary/aromatic N) is 3. The number of rotatable bonds is 3. The molecule has 1 rings (SSSR count). The van der Waals surface area contributed by atoms with E-state index in [2.05, 4.69) is 26.1 Å². The Labute approximate surface area is 64.9 Å². The summed E-state index contributed by atoms with van der Waals surface area (Å²) in [4.78, 5) is 4.04. The predicted octanol–water partition coefficient (Wildman–Crippen LogP) is -1.14. The summed E-state index contributed by atoms with van der Waals surface area (Å²) in [5.74, 6) is 0. The van der Waals surface area contributed by atoms with Gasteiger partial charge in [-0.15, -0.1) is 0 Å². The Morgan fingerprint density at radius 1 is 1.82 bits per heavy atom. The second-order valence-corrected chi connectivity index (χ2v) is 2.16. The maximum Gasteiger partial charge on any atom is 0.158 e. The highest BCUT2D eigenvalue weighted by atomic mass is 15.5. The lowest BCUT2D eigenvalue weighted by molar-refractivity contribution is 0.448. The van der Waals surface area contributed by atoms with E-state index in [0.29, 0.717) is 6.54 Å². The number of hydrogen-bond acceptors (Lipinski definition) is 5. The fourth-order valence-corrected chi connectivity index (χ4v) is 0.851. The average Bonchev–Trinajstić information content (AvgIpc) is 2.47. The minimum Gasteiger partial charge on any atom is -0.368 e. The molecule has 0 bridgehead atoms. The van der Waals surface area contributed by atoms with Crippen LogP contribution in [0.3, 0.4) is 0 Å². The van der Waals surface area contributed by atoms with Crippen molar-refractivity contribution in [3.63, 3.8) is 0 Å². The number of aliphatic imine (C=N–C) groups is 1. The third-order valence-corrected chi connectivity index (χ3v) is 1.45. The van der Waals surface area contributed by atoms with E-state index < -0.39 is 0 Å². The van der Waals surface area contributed by atoms with Gasteiger partial charge < -0.3 is 11.1 Å². The van der Waals surface area contributed by atoms with Gasteiger partial charge in [-0.2, -0.15) is 5.11 Å². The fraction of sp³-hybridized carbons (Fsp3) is 0.800. The van der Waals surface area contributed by atoms with Gasteiger partial charge in [-0.1, -0.05) is 5.22 Å². The van der Waals surface area contributed by atoms with Crippen molar-refractivity contribution in [3.05, 3.63) is 0 Å². The smallest absolute Gasteiger partial charge is 0.158 e. The molecule has 2 unspecified atom stereocenters. The molecule has 0 aromatic heterocycles. The Balaban J connectivity index is 2.36. The molecule has 0 aromatic carbocycles. The molecule has 0 amide bonds. The highest BCUT2D eigenvalue weighted by Crippen LogP contribution is 1.98. The highest BCUT2D eigenvalue weighted by molar-refractivity contribution is 5.58. The summed E-state index contributed by atoms with van der Waals surface area (Å²) in [6, 6.07) is 0.125. The summed E-state index contributed by atoms with van der Waals surface area (Å²) in [5.41, 5.74) is 8.19. The van der Waals surface area contributed by atoms with Crippen molar-refractivity contribution in [2.75, 3.05) is 13.6 Å². The van der Waals surface area contributed by atoms with Gasteiger partial charge >= 0.3 is 0 Å². The van der Waals surface area contributed by atoms with Crippen LogP contribution in [-0.2, 0) is 0 Å². The van der Waals surface area contributed by atoms with Crippen LogP contribution in [0.25, 0.3) is 0 Å². The second-order valence-electron chi connectivity index (χ2n) is 2.16. The lowest BCUT2D eigenvalue weighted by atomic mass is 10.2. The first-order valence-electron chi connectivity index (χ1n) is 3.40. The molecule has 2 atom stereocenters. The zero-order valence-electron chi connectivity index (χ0n) is 6.36. The minimum atomic E-state index is -0.0799. The van der Waals surface area contributed by atoms with Crippen LogP contribution < -0.4 is 16.5 Å². The molecular formula is C5H12N6. The first-order chi connectivity index (χ1) is 5.38. The molecule has 0 radical (unpaired) electrons. The van der Waals surface area contributed by atoms with E-state index in [-0.39, 0.29) is 12.2 Å². The molecule has 0 aliphatic carbocycles. The Morgan fingerprint density at radius 3 is 3.27 bits per heavy atom. The predicted molar refractivity (Wildman–Crippen MR) is 42.2 cm³/mol. The van der Waals surface area contributed by atoms with Gasteiger partial charge in [-0.25, -0.2) is 4.99 Å². The number of hydrogen-bond donors (Lipinski definition) is 3. The van der Waals surface area contributed by atoms with Gasteiger partial charge in [0.1, 0.15) is 0 Å². The number of nitrogens with one attached hydrogen (secondary N) is 2. The Bertz CT molecular complexity index is 164. The lowest BCUT2D eigenvalue weighted by Crippen LogP contribution is -2.44. The zero-order chi connectivity index (χ0) is 8.10. The standard InChI is InChI=1S/C5H12N6/c1-7-11-10-5-4(2-6)8-3-9-5/h3-5H,2,6H2,1H3,(H,7,10)(H,8,9). The normalized spacial score (nSPS) is 29.3. The molecule has 1 aliphatic rings. The van der Waals surface area contributed by atoms with E-state index in [1.807, 2.05) is 0 Å². The van der Waals surface area contributed by atoms with Crippen molar-refractivity contribution >= 4 is 6.34 Å². The molecule has 11 heavy (non-hydrogen) atoms. The van der Waals surface area contributed by atoms with Gasteiger partial charge in [-0.3, -0.25) is 5.43 Å². The third kappa shape index (κ3) is 1.87. The van der Waals surface area contributed by atoms with Crippen LogP contribution in [0.2, 0.25) is 0 Å². The third-order valence-electron chi connectivity index (χ3n) is 1.45. The summed E-state index contributed by atoms with van der Waals surface area (Å²) < 4.78 is 0. The Morgan fingerprint density at radius 2 is 2.64 bits per heavy atom. The molecule has 6 heteroatoms. The van der Waals surface area contributed by atoms with Gasteiger partial charge in [0.05, 0.1) is 19.4 Å². The van der Waals surface area contributed by atoms with E-state index >= 15 is 0 Å². The lowest BCUT2D eigenvalue weighted by Gasteiger charge is -2.14. The van der Waals surface area contributed by atoms with Crippen LogP contribution in [0.15, 0.2) is 15.3 Å². The van der Waals surface area contributed by atoms with Gasteiger partial charge in [-0.05, 0) is 0 Å². The molecule has 0 aromatic rings. The van der Waals surface area contributed by atoms with Crippen LogP contribution in [-0.4, -0.2) is 32.1 Å². The summed E-state index contributed by atoms with van der Waals surface area (Å²) in [6.45, 7) is 0.525. The molecule has 0 spiro atoms. The molecule has 62 valence electrons. The topological polar surface area (TPSA) is 87.2 Å². The first-order valence-corrected chi connectivity index (χ1v) is 3.40. The van der Waals surface area contributed by atoms with Crippen molar-refractivity contribution in [1.82, 2.24) is 10.7 Å². The van der Waals surface area contributed by atoms with Crippen molar-refractivity contribution in [2.45, 2.75) is 12.2 Å². The van der Waals surface area contributed by atoms with Crippen LogP contribution >= 0.6 is 0 Å².